The van der Waals surface area contributed by atoms with E-state index in [0.29, 0.717) is 17.4 Å². The molecule has 2 aliphatic carbocycles. The summed E-state index contributed by atoms with van der Waals surface area (Å²) in [6.07, 6.45) is 5.18. The van der Waals surface area contributed by atoms with E-state index in [-0.39, 0.29) is 35.5 Å². The molecule has 4 nitrogen and oxygen atoms in total. The Morgan fingerprint density at radius 1 is 0.931 bits per heavy atom. The van der Waals surface area contributed by atoms with Gasteiger partial charge in [0.1, 0.15) is 11.5 Å². The van der Waals surface area contributed by atoms with Crippen LogP contribution in [0.4, 0.5) is 5.69 Å². The van der Waals surface area contributed by atoms with Crippen molar-refractivity contribution in [1.29, 1.82) is 0 Å². The summed E-state index contributed by atoms with van der Waals surface area (Å²) in [6, 6.07) is 13.5. The van der Waals surface area contributed by atoms with Gasteiger partial charge < -0.3 is 4.74 Å². The van der Waals surface area contributed by atoms with Gasteiger partial charge >= 0.3 is 0 Å². The van der Waals surface area contributed by atoms with Crippen LogP contribution in [0.25, 0.3) is 0 Å². The molecule has 2 amide bonds. The van der Waals surface area contributed by atoms with Crippen molar-refractivity contribution in [3.8, 4) is 11.5 Å². The average Bonchev–Trinajstić information content (AvgIpc) is 3.36. The van der Waals surface area contributed by atoms with Gasteiger partial charge in [-0.05, 0) is 72.6 Å². The Bertz CT molecular complexity index is 991. The minimum Gasteiger partial charge on any atom is -0.457 e. The standard InChI is InChI=1S/C25H25NO3/c1-14(2)20-11-4-15(3)12-21(20)29-19-9-7-18(8-10-19)26-24(27)22-16-5-6-17(13-16)23(22)25(26)28/h4-12,14,16-17,22-23H,13H2,1-3H3/t16-,17-,22-,23-/m0/s1. The SMILES string of the molecule is Cc1ccc(C(C)C)c(Oc2ccc(N3C(=O)[C@@H]4[C@@H](C3=O)[C@H]3C=C[C@H]4C3)cc2)c1. The summed E-state index contributed by atoms with van der Waals surface area (Å²) in [4.78, 5) is 27.3. The molecule has 2 aromatic carbocycles. The van der Waals surface area contributed by atoms with E-state index < -0.39 is 0 Å². The van der Waals surface area contributed by atoms with Crippen LogP contribution >= 0.6 is 0 Å². The van der Waals surface area contributed by atoms with E-state index in [4.69, 9.17) is 4.74 Å². The first kappa shape index (κ1) is 18.2. The molecule has 0 aromatic heterocycles. The van der Waals surface area contributed by atoms with Gasteiger partial charge in [-0.25, -0.2) is 0 Å². The summed E-state index contributed by atoms with van der Waals surface area (Å²) < 4.78 is 6.14. The number of imide groups is 1. The number of hydrogen-bond donors (Lipinski definition) is 0. The predicted molar refractivity (Wildman–Crippen MR) is 112 cm³/mol. The fourth-order valence-electron chi connectivity index (χ4n) is 5.15. The summed E-state index contributed by atoms with van der Waals surface area (Å²) in [6.45, 7) is 6.33. The molecule has 0 unspecified atom stereocenters. The second-order valence-corrected chi connectivity index (χ2v) is 8.80. The van der Waals surface area contributed by atoms with Gasteiger partial charge in [-0.15, -0.1) is 0 Å². The molecular formula is C25H25NO3. The van der Waals surface area contributed by atoms with Crippen molar-refractivity contribution in [1.82, 2.24) is 0 Å². The van der Waals surface area contributed by atoms with E-state index in [9.17, 15) is 9.59 Å². The molecule has 1 heterocycles. The van der Waals surface area contributed by atoms with Crippen molar-refractivity contribution >= 4 is 17.5 Å². The number of aryl methyl sites for hydroxylation is 1. The number of anilines is 1. The van der Waals surface area contributed by atoms with Gasteiger partial charge in [0.25, 0.3) is 0 Å². The Kier molecular flexibility index (Phi) is 4.12. The number of allylic oxidation sites excluding steroid dienone is 2. The molecule has 0 N–H and O–H groups in total. The summed E-state index contributed by atoms with van der Waals surface area (Å²) in [5, 5.41) is 0. The highest BCUT2D eigenvalue weighted by atomic mass is 16.5. The molecular weight excluding hydrogens is 362 g/mol. The van der Waals surface area contributed by atoms with Crippen LogP contribution in [0.3, 0.4) is 0 Å². The van der Waals surface area contributed by atoms with E-state index >= 15 is 0 Å². The second kappa shape index (κ2) is 6.58. The Labute approximate surface area is 171 Å². The zero-order valence-corrected chi connectivity index (χ0v) is 17.0. The first-order chi connectivity index (χ1) is 13.9. The van der Waals surface area contributed by atoms with Crippen molar-refractivity contribution in [3.63, 3.8) is 0 Å². The van der Waals surface area contributed by atoms with Gasteiger partial charge in [0, 0.05) is 0 Å². The number of nitrogens with zero attached hydrogens (tertiary/aromatic N) is 1. The van der Waals surface area contributed by atoms with Crippen LogP contribution in [0.5, 0.6) is 11.5 Å². The Morgan fingerprint density at radius 2 is 1.55 bits per heavy atom. The van der Waals surface area contributed by atoms with Crippen molar-refractivity contribution in [2.45, 2.75) is 33.1 Å². The number of amides is 2. The second-order valence-electron chi connectivity index (χ2n) is 8.80. The fourth-order valence-corrected chi connectivity index (χ4v) is 5.15. The number of benzene rings is 2. The number of carbonyl (C=O) groups is 2. The zero-order valence-electron chi connectivity index (χ0n) is 17.0. The Hall–Kier alpha value is -2.88. The van der Waals surface area contributed by atoms with E-state index in [1.54, 1.807) is 0 Å². The molecule has 5 rings (SSSR count). The number of ether oxygens (including phenoxy) is 1. The van der Waals surface area contributed by atoms with Gasteiger partial charge in [-0.1, -0.05) is 38.1 Å². The van der Waals surface area contributed by atoms with Crippen LogP contribution in [-0.4, -0.2) is 11.8 Å². The van der Waals surface area contributed by atoms with Crippen LogP contribution in [0.2, 0.25) is 0 Å². The van der Waals surface area contributed by atoms with Crippen molar-refractivity contribution in [2.75, 3.05) is 4.90 Å². The van der Waals surface area contributed by atoms with Crippen molar-refractivity contribution < 1.29 is 14.3 Å². The van der Waals surface area contributed by atoms with E-state index in [1.807, 2.05) is 37.3 Å². The highest BCUT2D eigenvalue weighted by Gasteiger charge is 2.59. The zero-order chi connectivity index (χ0) is 20.3. The normalized spacial score (nSPS) is 27.2. The largest absolute Gasteiger partial charge is 0.457 e. The third-order valence-corrected chi connectivity index (χ3v) is 6.58. The van der Waals surface area contributed by atoms with E-state index in [2.05, 4.69) is 38.1 Å². The molecule has 2 aromatic rings. The third kappa shape index (κ3) is 2.81. The van der Waals surface area contributed by atoms with Crippen LogP contribution in [-0.2, 0) is 9.59 Å². The lowest BCUT2D eigenvalue weighted by molar-refractivity contribution is -0.123. The summed E-state index contributed by atoms with van der Waals surface area (Å²) in [5.74, 6) is 1.91. The minimum absolute atomic E-state index is 0.0497. The first-order valence-electron chi connectivity index (χ1n) is 10.4. The maximum Gasteiger partial charge on any atom is 0.238 e. The van der Waals surface area contributed by atoms with Gasteiger partial charge in [0.2, 0.25) is 11.8 Å². The quantitative estimate of drug-likeness (QED) is 0.534. The molecule has 3 aliphatic rings. The van der Waals surface area contributed by atoms with Gasteiger partial charge in [-0.3, -0.25) is 14.5 Å². The molecule has 1 aliphatic heterocycles. The molecule has 29 heavy (non-hydrogen) atoms. The number of rotatable bonds is 4. The topological polar surface area (TPSA) is 46.6 Å². The van der Waals surface area contributed by atoms with Crippen molar-refractivity contribution in [3.05, 3.63) is 65.7 Å². The highest BCUT2D eigenvalue weighted by molar-refractivity contribution is 6.22. The van der Waals surface area contributed by atoms with Crippen molar-refractivity contribution in [2.24, 2.45) is 23.7 Å². The molecule has 2 bridgehead atoms. The maximum atomic E-state index is 13.0. The molecule has 148 valence electrons. The minimum atomic E-state index is -0.172. The van der Waals surface area contributed by atoms with Gasteiger partial charge in [-0.2, -0.15) is 0 Å². The lowest BCUT2D eigenvalue weighted by Crippen LogP contribution is -2.32. The maximum absolute atomic E-state index is 13.0. The molecule has 1 saturated heterocycles. The van der Waals surface area contributed by atoms with Crippen LogP contribution < -0.4 is 9.64 Å². The number of fused-ring (bicyclic) bond motifs is 5. The molecule has 0 radical (unpaired) electrons. The number of hydrogen-bond acceptors (Lipinski definition) is 3. The summed E-state index contributed by atoms with van der Waals surface area (Å²) >= 11 is 0. The molecule has 1 saturated carbocycles. The molecule has 0 spiro atoms. The highest BCUT2D eigenvalue weighted by Crippen LogP contribution is 2.53. The Balaban J connectivity index is 1.39. The first-order valence-corrected chi connectivity index (χ1v) is 10.4. The summed E-state index contributed by atoms with van der Waals surface area (Å²) in [5.41, 5.74) is 2.93. The molecule has 4 atom stereocenters. The lowest BCUT2D eigenvalue weighted by Gasteiger charge is -2.18. The lowest BCUT2D eigenvalue weighted by atomic mass is 9.85. The van der Waals surface area contributed by atoms with Crippen LogP contribution in [0.1, 0.15) is 37.3 Å². The van der Waals surface area contributed by atoms with Crippen LogP contribution in [0.15, 0.2) is 54.6 Å². The van der Waals surface area contributed by atoms with Crippen LogP contribution in [0, 0.1) is 30.6 Å². The van der Waals surface area contributed by atoms with E-state index in [0.717, 1.165) is 23.3 Å². The van der Waals surface area contributed by atoms with E-state index in [1.165, 1.54) is 4.90 Å². The Morgan fingerprint density at radius 3 is 2.14 bits per heavy atom. The average molecular weight is 387 g/mol. The molecule has 2 fully saturated rings. The monoisotopic (exact) mass is 387 g/mol. The smallest absolute Gasteiger partial charge is 0.238 e. The van der Waals surface area contributed by atoms with Gasteiger partial charge in [0.05, 0.1) is 17.5 Å². The predicted octanol–water partition coefficient (Wildman–Crippen LogP) is 5.22. The summed E-state index contributed by atoms with van der Waals surface area (Å²) in [7, 11) is 0. The number of carbonyl (C=O) groups excluding carboxylic acids is 2. The van der Waals surface area contributed by atoms with Gasteiger partial charge in [0.15, 0.2) is 0 Å². The molecule has 4 heteroatoms. The fraction of sp³-hybridized carbons (Fsp3) is 0.360. The third-order valence-electron chi connectivity index (χ3n) is 6.58.